The third-order valence-electron chi connectivity index (χ3n) is 8.33. The fraction of sp³-hybridized carbons (Fsp3) is 0.545. The smallest absolute Gasteiger partial charge is 0.165 e. The number of rotatable bonds is 3. The number of phenolic OH excluding ortho intramolecular Hbond substituents is 1. The first-order valence-corrected chi connectivity index (χ1v) is 9.92. The maximum Gasteiger partial charge on any atom is 0.165 e. The van der Waals surface area contributed by atoms with Crippen LogP contribution in [0.3, 0.4) is 0 Å². The number of phenols is 1. The number of fused-ring (bicyclic) bond motifs is 1. The average molecular weight is 366 g/mol. The summed E-state index contributed by atoms with van der Waals surface area (Å²) in [5.41, 5.74) is 8.34. The van der Waals surface area contributed by atoms with Gasteiger partial charge in [0.1, 0.15) is 11.7 Å². The van der Waals surface area contributed by atoms with Crippen LogP contribution in [0.15, 0.2) is 36.9 Å². The number of benzene rings is 1. The molecule has 3 N–H and O–H groups in total. The van der Waals surface area contributed by atoms with E-state index in [-0.39, 0.29) is 28.7 Å². The molecule has 0 radical (unpaired) electrons. The van der Waals surface area contributed by atoms with Gasteiger partial charge >= 0.3 is 0 Å². The largest absolute Gasteiger partial charge is 0.504 e. The van der Waals surface area contributed by atoms with Gasteiger partial charge in [-0.25, -0.2) is 0 Å². The van der Waals surface area contributed by atoms with Gasteiger partial charge < -0.3 is 20.3 Å². The lowest BCUT2D eigenvalue weighted by molar-refractivity contribution is -0.196. The topological polar surface area (TPSA) is 68.0 Å². The number of nitrogens with two attached hydrogens (primary N) is 1. The molecule has 5 nitrogen and oxygen atoms in total. The number of hydrogen-bond acceptors (Lipinski definition) is 5. The second-order valence-corrected chi connectivity index (χ2v) is 8.91. The SMILES string of the molecule is C=CCN1CC[C@]23c4c5ccc(O)c4O[C@H]2C2(OC)C=C[C@@]3(C[C@@H]2N)[C@H]1C5. The van der Waals surface area contributed by atoms with Gasteiger partial charge in [-0.05, 0) is 37.4 Å². The van der Waals surface area contributed by atoms with Crippen molar-refractivity contribution < 1.29 is 14.6 Å². The third kappa shape index (κ3) is 1.46. The minimum Gasteiger partial charge on any atom is -0.504 e. The van der Waals surface area contributed by atoms with Crippen LogP contribution in [0.4, 0.5) is 0 Å². The summed E-state index contributed by atoms with van der Waals surface area (Å²) in [5.74, 6) is 0.899. The molecular formula is C22H26N2O3. The Balaban J connectivity index is 1.69. The van der Waals surface area contributed by atoms with Gasteiger partial charge in [-0.2, -0.15) is 0 Å². The van der Waals surface area contributed by atoms with E-state index in [0.717, 1.165) is 32.4 Å². The summed E-state index contributed by atoms with van der Waals surface area (Å²) in [6.07, 6.45) is 9.18. The van der Waals surface area contributed by atoms with Gasteiger partial charge in [-0.1, -0.05) is 24.3 Å². The van der Waals surface area contributed by atoms with Crippen molar-refractivity contribution in [2.45, 2.75) is 48.5 Å². The summed E-state index contributed by atoms with van der Waals surface area (Å²) < 4.78 is 12.6. The molecule has 5 heteroatoms. The molecule has 4 aliphatic carbocycles. The molecule has 6 aliphatic rings. The zero-order valence-electron chi connectivity index (χ0n) is 15.6. The fourth-order valence-electron chi connectivity index (χ4n) is 7.37. The van der Waals surface area contributed by atoms with Gasteiger partial charge in [0.25, 0.3) is 0 Å². The number of piperidine rings is 1. The Labute approximate surface area is 159 Å². The number of nitrogens with zero attached hydrogens (tertiary/aromatic N) is 1. The second kappa shape index (κ2) is 4.77. The van der Waals surface area contributed by atoms with Crippen LogP contribution in [-0.2, 0) is 16.6 Å². The summed E-state index contributed by atoms with van der Waals surface area (Å²) in [6.45, 7) is 5.86. The van der Waals surface area contributed by atoms with Crippen molar-refractivity contribution in [1.82, 2.24) is 4.90 Å². The van der Waals surface area contributed by atoms with E-state index in [4.69, 9.17) is 15.2 Å². The summed E-state index contributed by atoms with van der Waals surface area (Å²) in [4.78, 5) is 2.56. The number of likely N-dealkylation sites (tertiary alicyclic amines) is 1. The van der Waals surface area contributed by atoms with Crippen LogP contribution in [0.25, 0.3) is 0 Å². The third-order valence-corrected chi connectivity index (χ3v) is 8.33. The lowest BCUT2D eigenvalue weighted by atomic mass is 9.38. The Hall–Kier alpha value is -1.82. The van der Waals surface area contributed by atoms with Gasteiger partial charge in [0.2, 0.25) is 0 Å². The Morgan fingerprint density at radius 3 is 3.04 bits per heavy atom. The molecule has 1 aromatic carbocycles. The lowest BCUT2D eigenvalue weighted by Crippen LogP contribution is -2.81. The first-order valence-electron chi connectivity index (χ1n) is 9.92. The van der Waals surface area contributed by atoms with E-state index in [1.165, 1.54) is 11.1 Å². The van der Waals surface area contributed by atoms with Crippen LogP contribution in [0.5, 0.6) is 11.5 Å². The standard InChI is InChI=1S/C22H26N2O3/c1-3-9-24-10-8-21-17-13-4-5-14(25)18(17)27-19(21)22(26-2)7-6-20(21,12-15(22)23)16(24)11-13/h3-7,15-16,19,25H,1,8-12,23H2,2H3/t15-,16+,19+,20+,21-,22?/m0/s1. The average Bonchev–Trinajstić information content (AvgIpc) is 3.03. The van der Waals surface area contributed by atoms with Crippen LogP contribution in [0.2, 0.25) is 0 Å². The first-order chi connectivity index (χ1) is 13.0. The van der Waals surface area contributed by atoms with E-state index < -0.39 is 5.60 Å². The highest BCUT2D eigenvalue weighted by Crippen LogP contribution is 2.73. The molecule has 1 aromatic rings. The molecule has 0 amide bonds. The molecule has 142 valence electrons. The van der Waals surface area contributed by atoms with Gasteiger partial charge in [-0.15, -0.1) is 6.58 Å². The lowest BCUT2D eigenvalue weighted by Gasteiger charge is -2.70. The quantitative estimate of drug-likeness (QED) is 0.800. The summed E-state index contributed by atoms with van der Waals surface area (Å²) in [7, 11) is 1.74. The zero-order chi connectivity index (χ0) is 18.6. The monoisotopic (exact) mass is 366 g/mol. The van der Waals surface area contributed by atoms with Crippen LogP contribution >= 0.6 is 0 Å². The molecule has 1 saturated heterocycles. The normalized spacial score (nSPS) is 45.5. The Morgan fingerprint density at radius 1 is 1.44 bits per heavy atom. The highest BCUT2D eigenvalue weighted by atomic mass is 16.6. The van der Waals surface area contributed by atoms with Gasteiger partial charge in [-0.3, -0.25) is 4.90 Å². The van der Waals surface area contributed by atoms with Crippen molar-refractivity contribution in [3.63, 3.8) is 0 Å². The number of hydrogen-bond donors (Lipinski definition) is 2. The summed E-state index contributed by atoms with van der Waals surface area (Å²) >= 11 is 0. The number of aromatic hydroxyl groups is 1. The number of ether oxygens (including phenoxy) is 2. The minimum atomic E-state index is -0.646. The molecule has 1 unspecified atom stereocenters. The Bertz CT molecular complexity index is 898. The van der Waals surface area contributed by atoms with Crippen molar-refractivity contribution in [2.75, 3.05) is 20.2 Å². The molecule has 2 fully saturated rings. The molecule has 0 aromatic heterocycles. The predicted molar refractivity (Wildman–Crippen MR) is 102 cm³/mol. The van der Waals surface area contributed by atoms with Crippen LogP contribution in [0.1, 0.15) is 24.0 Å². The molecule has 1 saturated carbocycles. The molecule has 2 heterocycles. The molecule has 6 atom stereocenters. The molecular weight excluding hydrogens is 340 g/mol. The fourth-order valence-corrected chi connectivity index (χ4v) is 7.37. The van der Waals surface area contributed by atoms with Crippen molar-refractivity contribution in [2.24, 2.45) is 11.1 Å². The molecule has 2 aliphatic heterocycles. The van der Waals surface area contributed by atoms with Crippen molar-refractivity contribution in [3.8, 4) is 11.5 Å². The zero-order valence-corrected chi connectivity index (χ0v) is 15.6. The van der Waals surface area contributed by atoms with Crippen molar-refractivity contribution in [3.05, 3.63) is 48.1 Å². The maximum absolute atomic E-state index is 10.6. The van der Waals surface area contributed by atoms with Crippen LogP contribution in [-0.4, -0.2) is 54.0 Å². The van der Waals surface area contributed by atoms with Gasteiger partial charge in [0, 0.05) is 36.7 Å². The van der Waals surface area contributed by atoms with E-state index in [2.05, 4.69) is 29.7 Å². The van der Waals surface area contributed by atoms with Crippen molar-refractivity contribution >= 4 is 0 Å². The summed E-state index contributed by atoms with van der Waals surface area (Å²) in [6, 6.07) is 4.10. The van der Waals surface area contributed by atoms with E-state index >= 15 is 0 Å². The van der Waals surface area contributed by atoms with E-state index in [0.29, 0.717) is 11.8 Å². The highest BCUT2D eigenvalue weighted by Gasteiger charge is 2.78. The maximum atomic E-state index is 10.6. The molecule has 2 spiro atoms. The van der Waals surface area contributed by atoms with Crippen LogP contribution < -0.4 is 10.5 Å². The Morgan fingerprint density at radius 2 is 2.30 bits per heavy atom. The van der Waals surface area contributed by atoms with Gasteiger partial charge in [0.15, 0.2) is 11.5 Å². The first kappa shape index (κ1) is 16.2. The minimum absolute atomic E-state index is 0.0926. The highest BCUT2D eigenvalue weighted by molar-refractivity contribution is 5.65. The predicted octanol–water partition coefficient (Wildman–Crippen LogP) is 1.88. The Kier molecular flexibility index (Phi) is 2.86. The molecule has 7 rings (SSSR count). The van der Waals surface area contributed by atoms with E-state index in [1.807, 2.05) is 6.08 Å². The molecule has 4 bridgehead atoms. The summed E-state index contributed by atoms with van der Waals surface area (Å²) in [5, 5.41) is 10.6. The molecule has 27 heavy (non-hydrogen) atoms. The second-order valence-electron chi connectivity index (χ2n) is 8.91. The van der Waals surface area contributed by atoms with Crippen LogP contribution in [0, 0.1) is 5.41 Å². The van der Waals surface area contributed by atoms with Crippen molar-refractivity contribution in [1.29, 1.82) is 0 Å². The van der Waals surface area contributed by atoms with Gasteiger partial charge in [0.05, 0.1) is 5.41 Å². The van der Waals surface area contributed by atoms with E-state index in [1.54, 1.807) is 13.2 Å². The number of methoxy groups -OCH3 is 1. The van der Waals surface area contributed by atoms with E-state index in [9.17, 15) is 5.11 Å².